The highest BCUT2D eigenvalue weighted by Gasteiger charge is 2.31. The summed E-state index contributed by atoms with van der Waals surface area (Å²) in [4.78, 5) is 12.2. The van der Waals surface area contributed by atoms with Gasteiger partial charge in [0.2, 0.25) is 0 Å². The molecule has 4 heteroatoms. The van der Waals surface area contributed by atoms with E-state index < -0.39 is 0 Å². The molecule has 1 aliphatic rings. The zero-order valence-electron chi connectivity index (χ0n) is 9.90. The predicted molar refractivity (Wildman–Crippen MR) is 75.2 cm³/mol. The maximum Gasteiger partial charge on any atom is 0.172 e. The third-order valence-corrected chi connectivity index (χ3v) is 3.75. The Labute approximate surface area is 120 Å². The Morgan fingerprint density at radius 1 is 1.00 bits per heavy atom. The molecular formula is C15H10Cl2O2. The molecule has 19 heavy (non-hydrogen) atoms. The second-order valence-electron chi connectivity index (χ2n) is 4.38. The monoisotopic (exact) mass is 292 g/mol. The largest absolute Gasteiger partial charge is 0.483 e. The highest BCUT2D eigenvalue weighted by Crippen LogP contribution is 2.42. The fraction of sp³-hybridized carbons (Fsp3) is 0.133. The highest BCUT2D eigenvalue weighted by molar-refractivity contribution is 6.37. The number of rotatable bonds is 1. The Morgan fingerprint density at radius 2 is 1.68 bits per heavy atom. The number of fused-ring (bicyclic) bond motifs is 1. The summed E-state index contributed by atoms with van der Waals surface area (Å²) in [6.07, 6.45) is -0.0333. The lowest BCUT2D eigenvalue weighted by Gasteiger charge is -2.26. The van der Waals surface area contributed by atoms with Gasteiger partial charge in [0.05, 0.1) is 22.0 Å². The second kappa shape index (κ2) is 4.87. The van der Waals surface area contributed by atoms with Gasteiger partial charge in [0.15, 0.2) is 11.5 Å². The average Bonchev–Trinajstić information content (AvgIpc) is 2.43. The molecule has 2 aromatic rings. The van der Waals surface area contributed by atoms with E-state index in [1.165, 1.54) is 0 Å². The topological polar surface area (TPSA) is 26.3 Å². The van der Waals surface area contributed by atoms with Crippen LogP contribution in [0.3, 0.4) is 0 Å². The van der Waals surface area contributed by atoms with E-state index in [2.05, 4.69) is 0 Å². The zero-order chi connectivity index (χ0) is 13.4. The summed E-state index contributed by atoms with van der Waals surface area (Å²) in [5.74, 6) is 0.349. The molecule has 0 bridgehead atoms. The fourth-order valence-corrected chi connectivity index (χ4v) is 2.67. The molecule has 0 N–H and O–H groups in total. The molecule has 0 saturated carbocycles. The summed E-state index contributed by atoms with van der Waals surface area (Å²) in [5.41, 5.74) is 1.35. The van der Waals surface area contributed by atoms with E-state index in [4.69, 9.17) is 27.9 Å². The van der Waals surface area contributed by atoms with Gasteiger partial charge in [0.1, 0.15) is 6.10 Å². The Hall–Kier alpha value is -1.51. The van der Waals surface area contributed by atoms with Crippen LogP contribution in [0.1, 0.15) is 28.4 Å². The van der Waals surface area contributed by atoms with Crippen LogP contribution >= 0.6 is 23.2 Å². The molecule has 0 aromatic heterocycles. The van der Waals surface area contributed by atoms with Crippen molar-refractivity contribution in [2.75, 3.05) is 0 Å². The average molecular weight is 293 g/mol. The summed E-state index contributed by atoms with van der Waals surface area (Å²) in [6.45, 7) is 0. The van der Waals surface area contributed by atoms with Crippen LogP contribution in [0, 0.1) is 0 Å². The Morgan fingerprint density at radius 3 is 2.42 bits per heavy atom. The first kappa shape index (κ1) is 12.5. The van der Waals surface area contributed by atoms with Crippen molar-refractivity contribution in [3.63, 3.8) is 0 Å². The molecule has 96 valence electrons. The summed E-state index contributed by atoms with van der Waals surface area (Å²) in [5, 5.41) is 0.796. The molecule has 0 radical (unpaired) electrons. The number of hydrogen-bond acceptors (Lipinski definition) is 2. The molecule has 0 aliphatic carbocycles. The molecule has 3 rings (SSSR count). The number of halogens is 2. The number of hydrogen-bond donors (Lipinski definition) is 0. The molecule has 0 amide bonds. The Bertz CT molecular complexity index is 638. The molecule has 2 aromatic carbocycles. The fourth-order valence-electron chi connectivity index (χ4n) is 2.22. The normalized spacial score (nSPS) is 17.8. The van der Waals surface area contributed by atoms with Gasteiger partial charge in [-0.15, -0.1) is 0 Å². The standard InChI is InChI=1S/C15H10Cl2O2/c16-10-6-7-11(17)15-14(10)12(18)8-13(19-15)9-4-2-1-3-5-9/h1-7,13H,8H2. The number of carbonyl (C=O) groups is 1. The molecule has 0 fully saturated rings. The van der Waals surface area contributed by atoms with Crippen LogP contribution in [0.4, 0.5) is 0 Å². The van der Waals surface area contributed by atoms with Crippen molar-refractivity contribution in [1.29, 1.82) is 0 Å². The van der Waals surface area contributed by atoms with Gasteiger partial charge in [-0.1, -0.05) is 53.5 Å². The lowest BCUT2D eigenvalue weighted by Crippen LogP contribution is -2.21. The van der Waals surface area contributed by atoms with Gasteiger partial charge in [-0.25, -0.2) is 0 Å². The Kier molecular flexibility index (Phi) is 3.21. The third-order valence-electron chi connectivity index (χ3n) is 3.14. The van der Waals surface area contributed by atoms with Crippen LogP contribution in [0.25, 0.3) is 0 Å². The molecule has 1 atom stereocenters. The van der Waals surface area contributed by atoms with Crippen molar-refractivity contribution >= 4 is 29.0 Å². The van der Waals surface area contributed by atoms with E-state index in [0.717, 1.165) is 5.56 Å². The molecule has 2 nitrogen and oxygen atoms in total. The van der Waals surface area contributed by atoms with E-state index in [1.54, 1.807) is 12.1 Å². The number of carbonyl (C=O) groups excluding carboxylic acids is 1. The lowest BCUT2D eigenvalue weighted by molar-refractivity contribution is 0.0850. The SMILES string of the molecule is O=C1CC(c2ccccc2)Oc2c(Cl)ccc(Cl)c21. The van der Waals surface area contributed by atoms with Crippen LogP contribution in [-0.2, 0) is 0 Å². The van der Waals surface area contributed by atoms with Crippen molar-refractivity contribution in [2.45, 2.75) is 12.5 Å². The third kappa shape index (κ3) is 2.22. The first-order chi connectivity index (χ1) is 9.16. The zero-order valence-corrected chi connectivity index (χ0v) is 11.4. The minimum Gasteiger partial charge on any atom is -0.483 e. The minimum atomic E-state index is -0.308. The maximum absolute atomic E-state index is 12.2. The van der Waals surface area contributed by atoms with E-state index in [-0.39, 0.29) is 18.3 Å². The number of benzene rings is 2. The van der Waals surface area contributed by atoms with Crippen molar-refractivity contribution in [1.82, 2.24) is 0 Å². The van der Waals surface area contributed by atoms with E-state index in [9.17, 15) is 4.79 Å². The molecule has 0 spiro atoms. The van der Waals surface area contributed by atoms with Gasteiger partial charge in [-0.3, -0.25) is 4.79 Å². The van der Waals surface area contributed by atoms with Crippen LogP contribution in [-0.4, -0.2) is 5.78 Å². The Balaban J connectivity index is 2.05. The molecular weight excluding hydrogens is 283 g/mol. The maximum atomic E-state index is 12.2. The molecule has 0 saturated heterocycles. The van der Waals surface area contributed by atoms with Crippen molar-refractivity contribution < 1.29 is 9.53 Å². The first-order valence-electron chi connectivity index (χ1n) is 5.89. The van der Waals surface area contributed by atoms with Gasteiger partial charge in [-0.2, -0.15) is 0 Å². The quantitative estimate of drug-likeness (QED) is 0.761. The number of ether oxygens (including phenoxy) is 1. The van der Waals surface area contributed by atoms with E-state index in [1.807, 2.05) is 30.3 Å². The smallest absolute Gasteiger partial charge is 0.172 e. The van der Waals surface area contributed by atoms with E-state index >= 15 is 0 Å². The van der Waals surface area contributed by atoms with Crippen LogP contribution in [0.15, 0.2) is 42.5 Å². The van der Waals surface area contributed by atoms with Crippen molar-refractivity contribution in [2.24, 2.45) is 0 Å². The van der Waals surface area contributed by atoms with Crippen LogP contribution < -0.4 is 4.74 Å². The van der Waals surface area contributed by atoms with Crippen molar-refractivity contribution in [3.8, 4) is 5.75 Å². The predicted octanol–water partition coefficient (Wildman–Crippen LogP) is 4.70. The van der Waals surface area contributed by atoms with E-state index in [0.29, 0.717) is 21.4 Å². The molecule has 1 aliphatic heterocycles. The summed E-state index contributed by atoms with van der Waals surface area (Å²) in [6, 6.07) is 12.9. The van der Waals surface area contributed by atoms with Crippen LogP contribution in [0.5, 0.6) is 5.75 Å². The van der Waals surface area contributed by atoms with Crippen molar-refractivity contribution in [3.05, 3.63) is 63.6 Å². The molecule has 1 unspecified atom stereocenters. The first-order valence-corrected chi connectivity index (χ1v) is 6.65. The van der Waals surface area contributed by atoms with Gasteiger partial charge in [0, 0.05) is 0 Å². The summed E-state index contributed by atoms with van der Waals surface area (Å²) in [7, 11) is 0. The summed E-state index contributed by atoms with van der Waals surface area (Å²) >= 11 is 12.1. The lowest BCUT2D eigenvalue weighted by atomic mass is 9.96. The minimum absolute atomic E-state index is 0.0393. The van der Waals surface area contributed by atoms with Crippen LogP contribution in [0.2, 0.25) is 10.0 Å². The summed E-state index contributed by atoms with van der Waals surface area (Å²) < 4.78 is 5.86. The highest BCUT2D eigenvalue weighted by atomic mass is 35.5. The van der Waals surface area contributed by atoms with Gasteiger partial charge < -0.3 is 4.74 Å². The molecule has 1 heterocycles. The number of ketones is 1. The number of Topliss-reactive ketones (excluding diaryl/α,β-unsaturated/α-hetero) is 1. The van der Waals surface area contributed by atoms with Gasteiger partial charge in [-0.05, 0) is 17.7 Å². The second-order valence-corrected chi connectivity index (χ2v) is 5.19. The van der Waals surface area contributed by atoms with Gasteiger partial charge >= 0.3 is 0 Å². The van der Waals surface area contributed by atoms with Gasteiger partial charge in [0.25, 0.3) is 0 Å².